The van der Waals surface area contributed by atoms with Gasteiger partial charge in [-0.2, -0.15) is 0 Å². The molecular weight excluding hydrogens is 890 g/mol. The minimum atomic E-state index is -0.964. The standard InChI is InChI=1S/C44H49N3O20/c1-28-7-8-36(46(19-41(53)64-24-60-29(2)49)20-42(54)65-25-61-30(3)50)39(15-28)58-13-14-59-40-17-34(16-35(23-48)33-9-11-45-12-10-33)38(57-6)18-37(40)47(21-43(55)66-26-62-31(4)51)22-44(56)67-27-63-32(5)52/h7-12,15-18,23H,13-14,19-22,24-27H2,1-6H3/b35-16+. The Labute approximate surface area is 383 Å². The minimum absolute atomic E-state index is 0.00616. The van der Waals surface area contributed by atoms with Crippen LogP contribution in [0.3, 0.4) is 0 Å². The van der Waals surface area contributed by atoms with Gasteiger partial charge in [0.05, 0.1) is 18.5 Å². The molecule has 1 heterocycles. The molecule has 0 fully saturated rings. The third-order valence-electron chi connectivity index (χ3n) is 8.37. The summed E-state index contributed by atoms with van der Waals surface area (Å²) in [6.07, 6.45) is 5.10. The second kappa shape index (κ2) is 27.8. The van der Waals surface area contributed by atoms with E-state index in [9.17, 15) is 43.2 Å². The maximum Gasteiger partial charge on any atom is 0.328 e. The van der Waals surface area contributed by atoms with E-state index in [1.54, 1.807) is 37.3 Å². The van der Waals surface area contributed by atoms with Crippen LogP contribution in [0.1, 0.15) is 44.4 Å². The van der Waals surface area contributed by atoms with E-state index in [0.717, 1.165) is 27.7 Å². The lowest BCUT2D eigenvalue weighted by Crippen LogP contribution is -2.37. The van der Waals surface area contributed by atoms with E-state index in [2.05, 4.69) is 14.5 Å². The predicted octanol–water partition coefficient (Wildman–Crippen LogP) is 2.46. The zero-order valence-electron chi connectivity index (χ0n) is 37.4. The summed E-state index contributed by atoms with van der Waals surface area (Å²) in [6.45, 7) is 0.353. The molecule has 23 heteroatoms. The molecule has 0 saturated heterocycles. The first-order chi connectivity index (χ1) is 32.0. The molecule has 0 saturated carbocycles. The number of aryl methyl sites for hydroxylation is 1. The maximum absolute atomic E-state index is 13.1. The normalized spacial score (nSPS) is 10.6. The molecule has 0 bridgehead atoms. The van der Waals surface area contributed by atoms with Gasteiger partial charge in [0, 0.05) is 57.3 Å². The monoisotopic (exact) mass is 939 g/mol. The summed E-state index contributed by atoms with van der Waals surface area (Å²) in [5.74, 6) is -6.32. The quantitative estimate of drug-likeness (QED) is 0.0265. The van der Waals surface area contributed by atoms with Gasteiger partial charge in [0.2, 0.25) is 27.2 Å². The van der Waals surface area contributed by atoms with Gasteiger partial charge >= 0.3 is 47.8 Å². The third-order valence-corrected chi connectivity index (χ3v) is 8.37. The molecule has 3 rings (SSSR count). The van der Waals surface area contributed by atoms with Crippen molar-refractivity contribution in [3.63, 3.8) is 0 Å². The Bertz CT molecular complexity index is 2200. The van der Waals surface area contributed by atoms with Crippen molar-refractivity contribution >= 4 is 77.1 Å². The SMILES string of the molecule is COc1cc(N(CC(=O)OCOC(C)=O)CC(=O)OCOC(C)=O)c(OCCOc2cc(C)ccc2N(CC(=O)OCOC(C)=O)CC(=O)OCOC(C)=O)cc1/C=C(\C=O)c1ccncc1. The zero-order chi connectivity index (χ0) is 49.3. The number of allylic oxidation sites excluding steroid dienone is 1. The molecule has 0 unspecified atom stereocenters. The fraction of sp³-hybridized carbons (Fsp3) is 0.364. The average molecular weight is 940 g/mol. The minimum Gasteiger partial charge on any atom is -0.496 e. The number of benzene rings is 2. The van der Waals surface area contributed by atoms with Crippen molar-refractivity contribution in [1.82, 2.24) is 4.98 Å². The van der Waals surface area contributed by atoms with Crippen molar-refractivity contribution in [3.05, 3.63) is 71.5 Å². The van der Waals surface area contributed by atoms with E-state index in [1.165, 1.54) is 47.5 Å². The second-order valence-corrected chi connectivity index (χ2v) is 13.5. The summed E-state index contributed by atoms with van der Waals surface area (Å²) in [4.78, 5) is 116. The van der Waals surface area contributed by atoms with Crippen molar-refractivity contribution in [2.75, 3.05) is 83.5 Å². The van der Waals surface area contributed by atoms with Crippen LogP contribution in [0.2, 0.25) is 0 Å². The van der Waals surface area contributed by atoms with E-state index in [1.807, 2.05) is 0 Å². The molecule has 0 aliphatic rings. The van der Waals surface area contributed by atoms with Gasteiger partial charge in [-0.25, -0.2) is 0 Å². The average Bonchev–Trinajstić information content (AvgIpc) is 3.26. The highest BCUT2D eigenvalue weighted by Crippen LogP contribution is 2.38. The van der Waals surface area contributed by atoms with Crippen LogP contribution in [0, 0.1) is 6.92 Å². The van der Waals surface area contributed by atoms with Crippen LogP contribution in [-0.2, 0) is 81.0 Å². The largest absolute Gasteiger partial charge is 0.496 e. The molecule has 1 aromatic heterocycles. The van der Waals surface area contributed by atoms with Crippen LogP contribution >= 0.6 is 0 Å². The lowest BCUT2D eigenvalue weighted by molar-refractivity contribution is -0.167. The topological polar surface area (TPSA) is 275 Å². The van der Waals surface area contributed by atoms with Crippen LogP contribution in [-0.4, -0.2) is 133 Å². The van der Waals surface area contributed by atoms with Gasteiger partial charge in [0.1, 0.15) is 56.6 Å². The van der Waals surface area contributed by atoms with E-state index >= 15 is 0 Å². The Hall–Kier alpha value is -8.24. The van der Waals surface area contributed by atoms with E-state index in [0.29, 0.717) is 23.0 Å². The Morgan fingerprint density at radius 1 is 0.537 bits per heavy atom. The first-order valence-electron chi connectivity index (χ1n) is 19.8. The summed E-state index contributed by atoms with van der Waals surface area (Å²) in [6, 6.07) is 10.9. The number of hydrogen-bond donors (Lipinski definition) is 0. The summed E-state index contributed by atoms with van der Waals surface area (Å²) < 4.78 is 56.9. The molecule has 0 radical (unpaired) electrons. The van der Waals surface area contributed by atoms with Crippen LogP contribution in [0.25, 0.3) is 11.6 Å². The van der Waals surface area contributed by atoms with Crippen molar-refractivity contribution < 1.29 is 95.3 Å². The number of methoxy groups -OCH3 is 1. The number of pyridine rings is 1. The Morgan fingerprint density at radius 3 is 1.36 bits per heavy atom. The molecule has 67 heavy (non-hydrogen) atoms. The maximum atomic E-state index is 13.1. The predicted molar refractivity (Wildman–Crippen MR) is 229 cm³/mol. The molecule has 3 aromatic rings. The van der Waals surface area contributed by atoms with Gasteiger partial charge < -0.3 is 61.9 Å². The smallest absolute Gasteiger partial charge is 0.328 e. The molecule has 0 spiro atoms. The molecule has 0 N–H and O–H groups in total. The second-order valence-electron chi connectivity index (χ2n) is 13.5. The first-order valence-corrected chi connectivity index (χ1v) is 19.8. The molecule has 0 aliphatic carbocycles. The summed E-state index contributed by atoms with van der Waals surface area (Å²) in [5.41, 5.74) is 1.96. The van der Waals surface area contributed by atoms with Crippen molar-refractivity contribution in [2.45, 2.75) is 34.6 Å². The number of esters is 8. The van der Waals surface area contributed by atoms with Gasteiger partial charge in [-0.05, 0) is 54.5 Å². The molecule has 360 valence electrons. The number of carbonyl (C=O) groups excluding carboxylic acids is 9. The van der Waals surface area contributed by atoms with Gasteiger partial charge in [-0.3, -0.25) is 48.1 Å². The number of carbonyl (C=O) groups is 9. The van der Waals surface area contributed by atoms with Crippen LogP contribution in [0.5, 0.6) is 17.2 Å². The molecule has 2 aromatic carbocycles. The van der Waals surface area contributed by atoms with Crippen LogP contribution in [0.15, 0.2) is 54.9 Å². The van der Waals surface area contributed by atoms with E-state index in [-0.39, 0.29) is 47.4 Å². The molecular formula is C44H49N3O20. The van der Waals surface area contributed by atoms with Gasteiger partial charge in [-0.15, -0.1) is 0 Å². The first kappa shape index (κ1) is 53.1. The van der Waals surface area contributed by atoms with E-state index in [4.69, 9.17) is 42.6 Å². The Kier molecular flexibility index (Phi) is 22.1. The van der Waals surface area contributed by atoms with Crippen LogP contribution < -0.4 is 24.0 Å². The zero-order valence-corrected chi connectivity index (χ0v) is 37.4. The number of hydrogen-bond acceptors (Lipinski definition) is 23. The number of nitrogens with zero attached hydrogens (tertiary/aromatic N) is 3. The fourth-order valence-corrected chi connectivity index (χ4v) is 5.39. The highest BCUT2D eigenvalue weighted by Gasteiger charge is 2.25. The fourth-order valence-electron chi connectivity index (χ4n) is 5.39. The van der Waals surface area contributed by atoms with Crippen molar-refractivity contribution in [1.29, 1.82) is 0 Å². The van der Waals surface area contributed by atoms with Crippen molar-refractivity contribution in [3.8, 4) is 17.2 Å². The lowest BCUT2D eigenvalue weighted by atomic mass is 10.0. The number of rotatable bonds is 27. The summed E-state index contributed by atoms with van der Waals surface area (Å²) in [7, 11) is 1.34. The number of anilines is 2. The van der Waals surface area contributed by atoms with Gasteiger partial charge in [0.15, 0.2) is 6.29 Å². The molecule has 0 aliphatic heterocycles. The lowest BCUT2D eigenvalue weighted by Gasteiger charge is -2.27. The number of aldehydes is 1. The highest BCUT2D eigenvalue weighted by atomic mass is 16.7. The summed E-state index contributed by atoms with van der Waals surface area (Å²) >= 11 is 0. The Balaban J connectivity index is 2.05. The van der Waals surface area contributed by atoms with Gasteiger partial charge in [-0.1, -0.05) is 6.07 Å². The molecule has 23 nitrogen and oxygen atoms in total. The number of ether oxygens (including phenoxy) is 11. The van der Waals surface area contributed by atoms with Gasteiger partial charge in [0.25, 0.3) is 0 Å². The highest BCUT2D eigenvalue weighted by molar-refractivity contribution is 6.13. The van der Waals surface area contributed by atoms with E-state index < -0.39 is 101 Å². The van der Waals surface area contributed by atoms with Crippen LogP contribution in [0.4, 0.5) is 11.4 Å². The Morgan fingerprint density at radius 2 is 0.955 bits per heavy atom. The van der Waals surface area contributed by atoms with Crippen molar-refractivity contribution in [2.24, 2.45) is 0 Å². The molecule has 0 amide bonds. The summed E-state index contributed by atoms with van der Waals surface area (Å²) in [5, 5.41) is 0. The third kappa shape index (κ3) is 19.6. The molecule has 0 atom stereocenters. The number of aromatic nitrogens is 1.